The lowest BCUT2D eigenvalue weighted by molar-refractivity contribution is -0.324. The van der Waals surface area contributed by atoms with E-state index in [9.17, 15) is 4.79 Å². The zero-order chi connectivity index (χ0) is 15.5. The van der Waals surface area contributed by atoms with Crippen LogP contribution in [-0.2, 0) is 20.0 Å². The SMILES string of the molecule is CC(C)(C)OOC(=O)C1(c2ccc(Cl)cc2)CCCCC1. The molecule has 1 aromatic rings. The van der Waals surface area contributed by atoms with Crippen molar-refractivity contribution in [1.82, 2.24) is 0 Å². The maximum atomic E-state index is 12.7. The fraction of sp³-hybridized carbons (Fsp3) is 0.588. The Morgan fingerprint density at radius 2 is 1.67 bits per heavy atom. The summed E-state index contributed by atoms with van der Waals surface area (Å²) in [6, 6.07) is 7.49. The van der Waals surface area contributed by atoms with Gasteiger partial charge >= 0.3 is 5.97 Å². The molecule has 0 saturated heterocycles. The van der Waals surface area contributed by atoms with Crippen LogP contribution in [0.15, 0.2) is 24.3 Å². The van der Waals surface area contributed by atoms with Crippen molar-refractivity contribution in [1.29, 1.82) is 0 Å². The van der Waals surface area contributed by atoms with Crippen molar-refractivity contribution in [2.45, 2.75) is 63.9 Å². The van der Waals surface area contributed by atoms with E-state index < -0.39 is 11.0 Å². The Morgan fingerprint density at radius 1 is 1.10 bits per heavy atom. The minimum atomic E-state index is -0.603. The minimum Gasteiger partial charge on any atom is -0.297 e. The number of rotatable bonds is 3. The molecule has 1 aliphatic rings. The largest absolute Gasteiger partial charge is 0.352 e. The highest BCUT2D eigenvalue weighted by Gasteiger charge is 2.43. The van der Waals surface area contributed by atoms with Crippen molar-refractivity contribution >= 4 is 17.6 Å². The maximum absolute atomic E-state index is 12.7. The molecule has 0 amide bonds. The Labute approximate surface area is 131 Å². The third kappa shape index (κ3) is 3.98. The van der Waals surface area contributed by atoms with Crippen LogP contribution in [0.2, 0.25) is 5.02 Å². The van der Waals surface area contributed by atoms with E-state index in [0.717, 1.165) is 37.7 Å². The Morgan fingerprint density at radius 3 is 2.19 bits per heavy atom. The molecule has 1 fully saturated rings. The molecule has 0 N–H and O–H groups in total. The van der Waals surface area contributed by atoms with Crippen LogP contribution in [0.5, 0.6) is 0 Å². The summed E-state index contributed by atoms with van der Waals surface area (Å²) in [6.07, 6.45) is 4.78. The van der Waals surface area contributed by atoms with Gasteiger partial charge in [0, 0.05) is 5.02 Å². The van der Waals surface area contributed by atoms with Crippen molar-refractivity contribution in [2.75, 3.05) is 0 Å². The van der Waals surface area contributed by atoms with E-state index in [-0.39, 0.29) is 5.97 Å². The van der Waals surface area contributed by atoms with Crippen LogP contribution in [0.3, 0.4) is 0 Å². The highest BCUT2D eigenvalue weighted by molar-refractivity contribution is 6.30. The predicted molar refractivity (Wildman–Crippen MR) is 83.1 cm³/mol. The van der Waals surface area contributed by atoms with Crippen LogP contribution in [-0.4, -0.2) is 11.6 Å². The quantitative estimate of drug-likeness (QED) is 0.593. The third-order valence-electron chi connectivity index (χ3n) is 3.86. The van der Waals surface area contributed by atoms with Crippen molar-refractivity contribution in [3.8, 4) is 0 Å². The Kier molecular flexibility index (Phi) is 4.95. The summed E-state index contributed by atoms with van der Waals surface area (Å²) in [6.45, 7) is 5.57. The average Bonchev–Trinajstić information content (AvgIpc) is 2.45. The van der Waals surface area contributed by atoms with Gasteiger partial charge in [-0.15, -0.1) is 0 Å². The van der Waals surface area contributed by atoms with Gasteiger partial charge in [-0.2, -0.15) is 4.89 Å². The molecule has 1 aromatic carbocycles. The monoisotopic (exact) mass is 310 g/mol. The lowest BCUT2D eigenvalue weighted by Gasteiger charge is -2.35. The second-order valence-corrected chi connectivity index (χ2v) is 7.15. The second kappa shape index (κ2) is 6.37. The van der Waals surface area contributed by atoms with Gasteiger partial charge in [-0.25, -0.2) is 4.79 Å². The van der Waals surface area contributed by atoms with Gasteiger partial charge in [-0.3, -0.25) is 4.89 Å². The van der Waals surface area contributed by atoms with Crippen LogP contribution in [0.1, 0.15) is 58.4 Å². The number of carbonyl (C=O) groups excluding carboxylic acids is 1. The van der Waals surface area contributed by atoms with E-state index >= 15 is 0 Å². The number of hydrogen-bond donors (Lipinski definition) is 0. The molecule has 0 unspecified atom stereocenters. The van der Waals surface area contributed by atoms with Crippen LogP contribution >= 0.6 is 11.6 Å². The third-order valence-corrected chi connectivity index (χ3v) is 4.11. The van der Waals surface area contributed by atoms with Crippen LogP contribution in [0.4, 0.5) is 0 Å². The fourth-order valence-electron chi connectivity index (χ4n) is 2.78. The number of hydrogen-bond acceptors (Lipinski definition) is 3. The fourth-order valence-corrected chi connectivity index (χ4v) is 2.90. The first-order valence-electron chi connectivity index (χ1n) is 7.50. The summed E-state index contributed by atoms with van der Waals surface area (Å²) in [5, 5.41) is 0.670. The summed E-state index contributed by atoms with van der Waals surface area (Å²) in [7, 11) is 0. The molecule has 0 atom stereocenters. The van der Waals surface area contributed by atoms with Crippen LogP contribution in [0.25, 0.3) is 0 Å². The molecule has 116 valence electrons. The van der Waals surface area contributed by atoms with Crippen LogP contribution in [0, 0.1) is 0 Å². The molecule has 0 spiro atoms. The highest BCUT2D eigenvalue weighted by atomic mass is 35.5. The molecule has 1 aliphatic carbocycles. The van der Waals surface area contributed by atoms with Gasteiger partial charge < -0.3 is 0 Å². The van der Waals surface area contributed by atoms with E-state index in [1.807, 2.05) is 45.0 Å². The van der Waals surface area contributed by atoms with E-state index in [0.29, 0.717) is 5.02 Å². The maximum Gasteiger partial charge on any atom is 0.352 e. The minimum absolute atomic E-state index is 0.292. The molecular formula is C17H23ClO3. The number of carbonyl (C=O) groups is 1. The van der Waals surface area contributed by atoms with Gasteiger partial charge in [0.25, 0.3) is 0 Å². The number of halogens is 1. The topological polar surface area (TPSA) is 35.5 Å². The van der Waals surface area contributed by atoms with E-state index in [1.54, 1.807) is 0 Å². The summed E-state index contributed by atoms with van der Waals surface area (Å²) in [4.78, 5) is 23.1. The van der Waals surface area contributed by atoms with E-state index in [1.165, 1.54) is 0 Å². The molecule has 0 aromatic heterocycles. The van der Waals surface area contributed by atoms with Gasteiger partial charge in [0.15, 0.2) is 0 Å². The molecule has 4 heteroatoms. The van der Waals surface area contributed by atoms with Gasteiger partial charge in [-0.05, 0) is 51.3 Å². The highest BCUT2D eigenvalue weighted by Crippen LogP contribution is 2.41. The summed E-state index contributed by atoms with van der Waals surface area (Å²) >= 11 is 5.96. The predicted octanol–water partition coefficient (Wildman–Crippen LogP) is 4.82. The first-order valence-corrected chi connectivity index (χ1v) is 7.87. The Hall–Kier alpha value is -1.06. The molecule has 0 heterocycles. The molecular weight excluding hydrogens is 288 g/mol. The number of benzene rings is 1. The van der Waals surface area contributed by atoms with E-state index in [2.05, 4.69) is 0 Å². The lowest BCUT2D eigenvalue weighted by atomic mass is 9.69. The van der Waals surface area contributed by atoms with Gasteiger partial charge in [0.05, 0.1) is 5.41 Å². The zero-order valence-electron chi connectivity index (χ0n) is 12.9. The van der Waals surface area contributed by atoms with Crippen molar-refractivity contribution < 1.29 is 14.6 Å². The van der Waals surface area contributed by atoms with Gasteiger partial charge in [-0.1, -0.05) is 43.0 Å². The summed E-state index contributed by atoms with van der Waals surface area (Å²) < 4.78 is 0. The molecule has 3 nitrogen and oxygen atoms in total. The summed E-state index contributed by atoms with van der Waals surface area (Å²) in [5.74, 6) is -0.292. The molecule has 1 saturated carbocycles. The zero-order valence-corrected chi connectivity index (χ0v) is 13.7. The molecule has 2 rings (SSSR count). The van der Waals surface area contributed by atoms with Crippen LogP contribution < -0.4 is 0 Å². The van der Waals surface area contributed by atoms with Crippen molar-refractivity contribution in [3.05, 3.63) is 34.9 Å². The van der Waals surface area contributed by atoms with Crippen molar-refractivity contribution in [3.63, 3.8) is 0 Å². The lowest BCUT2D eigenvalue weighted by Crippen LogP contribution is -2.40. The first-order chi connectivity index (χ1) is 9.83. The Bertz CT molecular complexity index is 482. The second-order valence-electron chi connectivity index (χ2n) is 6.72. The van der Waals surface area contributed by atoms with Gasteiger partial charge in [0.1, 0.15) is 5.60 Å². The van der Waals surface area contributed by atoms with Crippen molar-refractivity contribution in [2.24, 2.45) is 0 Å². The summed E-state index contributed by atoms with van der Waals surface area (Å²) in [5.41, 5.74) is -0.145. The normalized spacial score (nSPS) is 18.3. The molecule has 21 heavy (non-hydrogen) atoms. The molecule has 0 radical (unpaired) electrons. The van der Waals surface area contributed by atoms with Gasteiger partial charge in [0.2, 0.25) is 0 Å². The average molecular weight is 311 g/mol. The molecule has 0 bridgehead atoms. The smallest absolute Gasteiger partial charge is 0.297 e. The molecule has 0 aliphatic heterocycles. The Balaban J connectivity index is 2.24. The van der Waals surface area contributed by atoms with E-state index in [4.69, 9.17) is 21.4 Å². The first kappa shape index (κ1) is 16.3. The standard InChI is InChI=1S/C17H23ClO3/c1-16(2,3)21-20-15(19)17(11-5-4-6-12-17)13-7-9-14(18)10-8-13/h7-10H,4-6,11-12H2,1-3H3.